The van der Waals surface area contributed by atoms with E-state index in [-0.39, 0.29) is 0 Å². The smallest absolute Gasteiger partial charge is 0.129 e. The number of piperidine rings is 1. The number of nitrogens with zero attached hydrogens (tertiary/aromatic N) is 2. The molecule has 88 valence electrons. The van der Waals surface area contributed by atoms with E-state index >= 15 is 0 Å². The lowest BCUT2D eigenvalue weighted by Crippen LogP contribution is -2.46. The molecule has 1 aliphatic rings. The maximum Gasteiger partial charge on any atom is 0.129 e. The van der Waals surface area contributed by atoms with Gasteiger partial charge in [-0.15, -0.1) is 0 Å². The molecule has 2 unspecified atom stereocenters. The van der Waals surface area contributed by atoms with Gasteiger partial charge in [0.05, 0.1) is 0 Å². The van der Waals surface area contributed by atoms with Gasteiger partial charge in [-0.1, -0.05) is 0 Å². The molecule has 2 rings (SSSR count). The first-order valence-corrected chi connectivity index (χ1v) is 6.51. The summed E-state index contributed by atoms with van der Waals surface area (Å²) in [5.74, 6) is 1.07. The van der Waals surface area contributed by atoms with Crippen LogP contribution in [-0.2, 0) is 0 Å². The van der Waals surface area contributed by atoms with Crippen LogP contribution in [0.4, 0.5) is 5.82 Å². The largest absolute Gasteiger partial charge is 0.354 e. The lowest BCUT2D eigenvalue weighted by atomic mass is 9.99. The van der Waals surface area contributed by atoms with Crippen LogP contribution in [0, 0.1) is 6.92 Å². The molecule has 0 saturated carbocycles. The number of aryl methyl sites for hydroxylation is 1. The van der Waals surface area contributed by atoms with Crippen LogP contribution < -0.4 is 10.6 Å². The fourth-order valence-corrected chi connectivity index (χ4v) is 2.45. The molecular weight excluding hydrogens is 266 g/mol. The third-order valence-electron chi connectivity index (χ3n) is 3.24. The van der Waals surface area contributed by atoms with E-state index in [0.29, 0.717) is 12.1 Å². The fourth-order valence-electron chi connectivity index (χ4n) is 2.23. The summed E-state index contributed by atoms with van der Waals surface area (Å²) >= 11 is 3.48. The molecule has 0 bridgehead atoms. The van der Waals surface area contributed by atoms with Crippen molar-refractivity contribution in [2.24, 2.45) is 5.73 Å². The highest BCUT2D eigenvalue weighted by atomic mass is 79.9. The lowest BCUT2D eigenvalue weighted by Gasteiger charge is -2.37. The quantitative estimate of drug-likeness (QED) is 0.861. The second-order valence-corrected chi connectivity index (χ2v) is 5.47. The Kier molecular flexibility index (Phi) is 3.50. The van der Waals surface area contributed by atoms with Crippen molar-refractivity contribution in [1.29, 1.82) is 0 Å². The van der Waals surface area contributed by atoms with Crippen LogP contribution in [-0.4, -0.2) is 23.6 Å². The molecule has 1 aromatic rings. The van der Waals surface area contributed by atoms with Crippen molar-refractivity contribution in [2.75, 3.05) is 11.4 Å². The van der Waals surface area contributed by atoms with Crippen LogP contribution in [0.25, 0.3) is 0 Å². The summed E-state index contributed by atoms with van der Waals surface area (Å²) in [6.07, 6.45) is 3.99. The molecule has 0 radical (unpaired) electrons. The summed E-state index contributed by atoms with van der Waals surface area (Å²) in [5.41, 5.74) is 7.19. The summed E-state index contributed by atoms with van der Waals surface area (Å²) in [5, 5.41) is 0. The maximum atomic E-state index is 5.96. The SMILES string of the molecule is Cc1cc(N2CCC(N)CC2C)ncc1Br. The zero-order valence-electron chi connectivity index (χ0n) is 9.78. The first-order valence-electron chi connectivity index (χ1n) is 5.72. The Morgan fingerprint density at radius 1 is 1.56 bits per heavy atom. The Morgan fingerprint density at radius 2 is 2.31 bits per heavy atom. The molecule has 0 aliphatic carbocycles. The average Bonchev–Trinajstić information content (AvgIpc) is 2.22. The van der Waals surface area contributed by atoms with E-state index < -0.39 is 0 Å². The number of halogens is 1. The molecule has 2 N–H and O–H groups in total. The van der Waals surface area contributed by atoms with Crippen LogP contribution in [0.1, 0.15) is 25.3 Å². The van der Waals surface area contributed by atoms with E-state index in [9.17, 15) is 0 Å². The second kappa shape index (κ2) is 4.72. The van der Waals surface area contributed by atoms with Gasteiger partial charge in [0, 0.05) is 29.3 Å². The van der Waals surface area contributed by atoms with Crippen molar-refractivity contribution in [3.63, 3.8) is 0 Å². The van der Waals surface area contributed by atoms with E-state index in [0.717, 1.165) is 29.7 Å². The minimum Gasteiger partial charge on any atom is -0.354 e. The van der Waals surface area contributed by atoms with Gasteiger partial charge in [-0.05, 0) is 54.2 Å². The molecule has 4 heteroatoms. The van der Waals surface area contributed by atoms with Gasteiger partial charge in [-0.25, -0.2) is 4.98 Å². The van der Waals surface area contributed by atoms with Crippen LogP contribution in [0.5, 0.6) is 0 Å². The summed E-state index contributed by atoms with van der Waals surface area (Å²) in [6.45, 7) is 5.32. The topological polar surface area (TPSA) is 42.1 Å². The van der Waals surface area contributed by atoms with Crippen molar-refractivity contribution >= 4 is 21.7 Å². The molecule has 1 aromatic heterocycles. The predicted octanol–water partition coefficient (Wildman–Crippen LogP) is 2.47. The van der Waals surface area contributed by atoms with Gasteiger partial charge in [0.2, 0.25) is 0 Å². The Morgan fingerprint density at radius 3 is 2.94 bits per heavy atom. The monoisotopic (exact) mass is 283 g/mol. The summed E-state index contributed by atoms with van der Waals surface area (Å²) < 4.78 is 1.07. The molecule has 2 atom stereocenters. The standard InChI is InChI=1S/C12H18BrN3/c1-8-5-12(15-7-11(8)13)16-4-3-10(14)6-9(16)2/h5,7,9-10H,3-4,6,14H2,1-2H3. The summed E-state index contributed by atoms with van der Waals surface area (Å²) in [7, 11) is 0. The molecule has 2 heterocycles. The average molecular weight is 284 g/mol. The lowest BCUT2D eigenvalue weighted by molar-refractivity contribution is 0.427. The van der Waals surface area contributed by atoms with Crippen molar-refractivity contribution < 1.29 is 0 Å². The number of hydrogen-bond donors (Lipinski definition) is 1. The molecule has 3 nitrogen and oxygen atoms in total. The maximum absolute atomic E-state index is 5.96. The zero-order chi connectivity index (χ0) is 11.7. The van der Waals surface area contributed by atoms with Gasteiger partial charge in [0.15, 0.2) is 0 Å². The minimum atomic E-state index is 0.350. The molecule has 16 heavy (non-hydrogen) atoms. The second-order valence-electron chi connectivity index (χ2n) is 4.62. The van der Waals surface area contributed by atoms with Crippen LogP contribution >= 0.6 is 15.9 Å². The van der Waals surface area contributed by atoms with Crippen LogP contribution in [0.3, 0.4) is 0 Å². The van der Waals surface area contributed by atoms with Crippen molar-refractivity contribution in [3.05, 3.63) is 22.3 Å². The number of pyridine rings is 1. The number of hydrogen-bond acceptors (Lipinski definition) is 3. The predicted molar refractivity (Wildman–Crippen MR) is 70.7 cm³/mol. The van der Waals surface area contributed by atoms with E-state index in [4.69, 9.17) is 5.73 Å². The molecule has 1 aliphatic heterocycles. The highest BCUT2D eigenvalue weighted by Crippen LogP contribution is 2.25. The van der Waals surface area contributed by atoms with E-state index in [1.54, 1.807) is 0 Å². The Balaban J connectivity index is 2.20. The van der Waals surface area contributed by atoms with Gasteiger partial charge in [0.25, 0.3) is 0 Å². The Hall–Kier alpha value is -0.610. The summed E-state index contributed by atoms with van der Waals surface area (Å²) in [4.78, 5) is 6.83. The van der Waals surface area contributed by atoms with Gasteiger partial charge in [-0.3, -0.25) is 0 Å². The minimum absolute atomic E-state index is 0.350. The van der Waals surface area contributed by atoms with Crippen LogP contribution in [0.15, 0.2) is 16.7 Å². The van der Waals surface area contributed by atoms with E-state index in [1.807, 2.05) is 6.20 Å². The molecule has 0 amide bonds. The summed E-state index contributed by atoms with van der Waals surface area (Å²) in [6, 6.07) is 2.97. The Labute approximate surface area is 105 Å². The third-order valence-corrected chi connectivity index (χ3v) is 4.07. The molecule has 1 saturated heterocycles. The molecule has 1 fully saturated rings. The van der Waals surface area contributed by atoms with Crippen molar-refractivity contribution in [3.8, 4) is 0 Å². The van der Waals surface area contributed by atoms with Gasteiger partial charge >= 0.3 is 0 Å². The first-order chi connectivity index (χ1) is 7.58. The van der Waals surface area contributed by atoms with Gasteiger partial charge in [0.1, 0.15) is 5.82 Å². The number of anilines is 1. The molecule has 0 spiro atoms. The van der Waals surface area contributed by atoms with Gasteiger partial charge < -0.3 is 10.6 Å². The third kappa shape index (κ3) is 2.38. The zero-order valence-corrected chi connectivity index (χ0v) is 11.4. The normalized spacial score (nSPS) is 25.9. The van der Waals surface area contributed by atoms with E-state index in [1.165, 1.54) is 5.56 Å². The number of rotatable bonds is 1. The molecular formula is C12H18BrN3. The van der Waals surface area contributed by atoms with Crippen molar-refractivity contribution in [2.45, 2.75) is 38.8 Å². The van der Waals surface area contributed by atoms with E-state index in [2.05, 4.69) is 45.7 Å². The number of aromatic nitrogens is 1. The molecule has 0 aromatic carbocycles. The van der Waals surface area contributed by atoms with Gasteiger partial charge in [-0.2, -0.15) is 0 Å². The van der Waals surface area contributed by atoms with Crippen LogP contribution in [0.2, 0.25) is 0 Å². The highest BCUT2D eigenvalue weighted by Gasteiger charge is 2.24. The highest BCUT2D eigenvalue weighted by molar-refractivity contribution is 9.10. The number of nitrogens with two attached hydrogens (primary N) is 1. The first kappa shape index (κ1) is 11.9. The van der Waals surface area contributed by atoms with Crippen molar-refractivity contribution in [1.82, 2.24) is 4.98 Å². The fraction of sp³-hybridized carbons (Fsp3) is 0.583. The Bertz CT molecular complexity index is 381.